The molecule has 3 N–H and O–H groups in total. The van der Waals surface area contributed by atoms with E-state index in [9.17, 15) is 18.0 Å². The lowest BCUT2D eigenvalue weighted by Crippen LogP contribution is -2.36. The molecule has 0 spiro atoms. The fourth-order valence-corrected chi connectivity index (χ4v) is 1.43. The van der Waals surface area contributed by atoms with Crippen molar-refractivity contribution in [3.05, 3.63) is 29.6 Å². The van der Waals surface area contributed by atoms with Crippen LogP contribution in [0.1, 0.15) is 26.2 Å². The fraction of sp³-hybridized carbons (Fsp3) is 0.417. The van der Waals surface area contributed by atoms with E-state index >= 15 is 0 Å². The summed E-state index contributed by atoms with van der Waals surface area (Å²) >= 11 is 0. The number of nitrogens with one attached hydrogen (secondary N) is 1. The molecule has 1 amide bonds. The molecule has 0 radical (unpaired) electrons. The van der Waals surface area contributed by atoms with Gasteiger partial charge in [-0.1, -0.05) is 19.8 Å². The van der Waals surface area contributed by atoms with Gasteiger partial charge in [-0.05, 0) is 6.42 Å². The van der Waals surface area contributed by atoms with Gasteiger partial charge < -0.3 is 11.1 Å². The van der Waals surface area contributed by atoms with E-state index in [1.165, 1.54) is 0 Å². The van der Waals surface area contributed by atoms with Gasteiger partial charge in [0, 0.05) is 12.1 Å². The molecule has 1 rings (SSSR count). The highest BCUT2D eigenvalue weighted by Gasteiger charge is 2.18. The van der Waals surface area contributed by atoms with E-state index in [0.29, 0.717) is 18.6 Å². The van der Waals surface area contributed by atoms with Gasteiger partial charge in [0.15, 0.2) is 11.6 Å². The molecule has 1 aromatic rings. The second-order valence-corrected chi connectivity index (χ2v) is 3.98. The number of carbonyl (C=O) groups is 1. The van der Waals surface area contributed by atoms with E-state index in [1.807, 2.05) is 12.2 Å². The Balaban J connectivity index is 2.76. The summed E-state index contributed by atoms with van der Waals surface area (Å²) in [6.07, 6.45) is 2.02. The van der Waals surface area contributed by atoms with Crippen LogP contribution in [0.15, 0.2) is 12.1 Å². The Kier molecular flexibility index (Phi) is 5.15. The summed E-state index contributed by atoms with van der Waals surface area (Å²) in [4.78, 5) is 11.5. The number of unbranched alkanes of at least 4 members (excludes halogenated alkanes) is 1. The van der Waals surface area contributed by atoms with Gasteiger partial charge >= 0.3 is 0 Å². The maximum atomic E-state index is 13.3. The van der Waals surface area contributed by atoms with Crippen LogP contribution >= 0.6 is 0 Å². The molecule has 1 aromatic carbocycles. The number of hydrogen-bond acceptors (Lipinski definition) is 2. The molecule has 18 heavy (non-hydrogen) atoms. The number of benzene rings is 1. The average molecular weight is 260 g/mol. The lowest BCUT2D eigenvalue weighted by molar-refractivity contribution is -0.117. The molecule has 100 valence electrons. The maximum absolute atomic E-state index is 13.3. The molecule has 1 atom stereocenters. The number of halogens is 3. The first-order chi connectivity index (χ1) is 8.45. The van der Waals surface area contributed by atoms with E-state index in [2.05, 4.69) is 0 Å². The van der Waals surface area contributed by atoms with Crippen molar-refractivity contribution in [3.63, 3.8) is 0 Å². The van der Waals surface area contributed by atoms with Crippen molar-refractivity contribution in [1.29, 1.82) is 0 Å². The van der Waals surface area contributed by atoms with Gasteiger partial charge in [0.2, 0.25) is 5.91 Å². The average Bonchev–Trinajstić information content (AvgIpc) is 2.30. The molecule has 0 aromatic heterocycles. The van der Waals surface area contributed by atoms with Crippen molar-refractivity contribution >= 4 is 11.6 Å². The molecule has 0 aliphatic rings. The van der Waals surface area contributed by atoms with Gasteiger partial charge in [0.05, 0.1) is 6.04 Å². The fourth-order valence-electron chi connectivity index (χ4n) is 1.43. The molecular weight excluding hydrogens is 245 g/mol. The van der Waals surface area contributed by atoms with Crippen LogP contribution in [0.4, 0.5) is 18.9 Å². The van der Waals surface area contributed by atoms with Crippen LogP contribution in [0.25, 0.3) is 0 Å². The molecule has 0 fully saturated rings. The first kappa shape index (κ1) is 14.5. The summed E-state index contributed by atoms with van der Waals surface area (Å²) in [6, 6.07) is 0.154. The number of nitrogens with two attached hydrogens (primary N) is 1. The Morgan fingerprint density at radius 1 is 1.33 bits per heavy atom. The van der Waals surface area contributed by atoms with Crippen LogP contribution in [-0.4, -0.2) is 11.9 Å². The summed E-state index contributed by atoms with van der Waals surface area (Å²) in [6.45, 7) is 1.93. The number of amides is 1. The number of carbonyl (C=O) groups excluding carboxylic acids is 1. The van der Waals surface area contributed by atoms with Crippen molar-refractivity contribution in [2.45, 2.75) is 32.2 Å². The quantitative estimate of drug-likeness (QED) is 0.854. The minimum Gasteiger partial charge on any atom is -0.320 e. The van der Waals surface area contributed by atoms with E-state index in [0.717, 1.165) is 12.8 Å². The number of rotatable bonds is 5. The van der Waals surface area contributed by atoms with E-state index in [4.69, 9.17) is 5.73 Å². The zero-order valence-electron chi connectivity index (χ0n) is 9.97. The zero-order valence-corrected chi connectivity index (χ0v) is 9.97. The van der Waals surface area contributed by atoms with E-state index in [-0.39, 0.29) is 0 Å². The molecule has 0 aliphatic heterocycles. The van der Waals surface area contributed by atoms with Crippen molar-refractivity contribution in [1.82, 2.24) is 0 Å². The Morgan fingerprint density at radius 2 is 1.89 bits per heavy atom. The van der Waals surface area contributed by atoms with Gasteiger partial charge in [-0.3, -0.25) is 4.79 Å². The summed E-state index contributed by atoms with van der Waals surface area (Å²) in [5, 5.41) is 2.03. The Bertz CT molecular complexity index is 414. The topological polar surface area (TPSA) is 55.1 Å². The summed E-state index contributed by atoms with van der Waals surface area (Å²) in [7, 11) is 0. The molecule has 1 unspecified atom stereocenters. The van der Waals surface area contributed by atoms with Crippen molar-refractivity contribution in [2.75, 3.05) is 5.32 Å². The second-order valence-electron chi connectivity index (χ2n) is 3.98. The number of hydrogen-bond donors (Lipinski definition) is 2. The van der Waals surface area contributed by atoms with Crippen LogP contribution in [0.5, 0.6) is 0 Å². The first-order valence-electron chi connectivity index (χ1n) is 5.66. The van der Waals surface area contributed by atoms with Gasteiger partial charge in [0.25, 0.3) is 0 Å². The predicted molar refractivity (Wildman–Crippen MR) is 62.4 cm³/mol. The highest BCUT2D eigenvalue weighted by molar-refractivity contribution is 5.94. The molecular formula is C12H15F3N2O. The lowest BCUT2D eigenvalue weighted by Gasteiger charge is -2.12. The Morgan fingerprint density at radius 3 is 2.39 bits per heavy atom. The summed E-state index contributed by atoms with van der Waals surface area (Å²) < 4.78 is 39.2. The standard InChI is InChI=1S/C12H15F3N2O/c1-2-3-4-10(16)12(18)17-11-8(14)5-7(13)6-9(11)15/h5-6,10H,2-4,16H2,1H3,(H,17,18). The normalized spacial score (nSPS) is 12.3. The van der Waals surface area contributed by atoms with Crippen LogP contribution in [0.2, 0.25) is 0 Å². The zero-order chi connectivity index (χ0) is 13.7. The Labute approximate surface area is 103 Å². The third-order valence-corrected chi connectivity index (χ3v) is 2.46. The molecule has 3 nitrogen and oxygen atoms in total. The number of anilines is 1. The van der Waals surface area contributed by atoms with E-state index in [1.54, 1.807) is 0 Å². The van der Waals surface area contributed by atoms with Crippen molar-refractivity contribution in [2.24, 2.45) is 5.73 Å². The van der Waals surface area contributed by atoms with Crippen LogP contribution in [-0.2, 0) is 4.79 Å². The van der Waals surface area contributed by atoms with Crippen LogP contribution in [0, 0.1) is 17.5 Å². The minimum absolute atomic E-state index is 0.423. The van der Waals surface area contributed by atoms with Gasteiger partial charge in [-0.2, -0.15) is 0 Å². The van der Waals surface area contributed by atoms with Crippen LogP contribution < -0.4 is 11.1 Å². The summed E-state index contributed by atoms with van der Waals surface area (Å²) in [5.74, 6) is -4.06. The summed E-state index contributed by atoms with van der Waals surface area (Å²) in [5.41, 5.74) is 4.88. The van der Waals surface area contributed by atoms with Crippen LogP contribution in [0.3, 0.4) is 0 Å². The predicted octanol–water partition coefficient (Wildman–Crippen LogP) is 2.56. The Hall–Kier alpha value is -1.56. The highest BCUT2D eigenvalue weighted by Crippen LogP contribution is 2.20. The molecule has 0 bridgehead atoms. The molecule has 0 saturated heterocycles. The van der Waals surface area contributed by atoms with Crippen molar-refractivity contribution < 1.29 is 18.0 Å². The molecule has 0 heterocycles. The SMILES string of the molecule is CCCCC(N)C(=O)Nc1c(F)cc(F)cc1F. The first-order valence-corrected chi connectivity index (χ1v) is 5.66. The van der Waals surface area contributed by atoms with Crippen molar-refractivity contribution in [3.8, 4) is 0 Å². The highest BCUT2D eigenvalue weighted by atomic mass is 19.1. The smallest absolute Gasteiger partial charge is 0.241 e. The second kappa shape index (κ2) is 6.39. The van der Waals surface area contributed by atoms with E-state index < -0.39 is 35.1 Å². The minimum atomic E-state index is -1.16. The monoisotopic (exact) mass is 260 g/mol. The lowest BCUT2D eigenvalue weighted by atomic mass is 10.1. The van der Waals surface area contributed by atoms with Gasteiger partial charge in [-0.15, -0.1) is 0 Å². The largest absolute Gasteiger partial charge is 0.320 e. The van der Waals surface area contributed by atoms with Gasteiger partial charge in [-0.25, -0.2) is 13.2 Å². The maximum Gasteiger partial charge on any atom is 0.241 e. The third kappa shape index (κ3) is 3.73. The third-order valence-electron chi connectivity index (χ3n) is 2.46. The molecule has 0 saturated carbocycles. The molecule has 6 heteroatoms. The van der Waals surface area contributed by atoms with Gasteiger partial charge in [0.1, 0.15) is 11.5 Å². The molecule has 0 aliphatic carbocycles.